The number of amides is 1. The summed E-state index contributed by atoms with van der Waals surface area (Å²) in [7, 11) is 1.60. The van der Waals surface area contributed by atoms with Crippen molar-refractivity contribution in [1.29, 1.82) is 0 Å². The van der Waals surface area contributed by atoms with Crippen molar-refractivity contribution >= 4 is 17.5 Å². The summed E-state index contributed by atoms with van der Waals surface area (Å²) in [5.74, 6) is 0.692. The van der Waals surface area contributed by atoms with Crippen LogP contribution in [0.2, 0.25) is 5.02 Å². The lowest BCUT2D eigenvalue weighted by Crippen LogP contribution is -2.55. The third kappa shape index (κ3) is 4.45. The summed E-state index contributed by atoms with van der Waals surface area (Å²) >= 11 is 6.35. The van der Waals surface area contributed by atoms with Crippen molar-refractivity contribution < 1.29 is 14.3 Å². The second-order valence-corrected chi connectivity index (χ2v) is 7.88. The van der Waals surface area contributed by atoms with Crippen LogP contribution in [0.4, 0.5) is 0 Å². The molecular formula is C22H26ClNO3. The summed E-state index contributed by atoms with van der Waals surface area (Å²) in [5, 5.41) is 0.551. The molecule has 0 bridgehead atoms. The van der Waals surface area contributed by atoms with Gasteiger partial charge in [0.2, 0.25) is 5.91 Å². The van der Waals surface area contributed by atoms with E-state index in [9.17, 15) is 4.79 Å². The Balaban J connectivity index is 1.91. The monoisotopic (exact) mass is 387 g/mol. The zero-order valence-corrected chi connectivity index (χ0v) is 16.8. The minimum absolute atomic E-state index is 0.0687. The van der Waals surface area contributed by atoms with E-state index in [1.807, 2.05) is 55.1 Å². The Kier molecular flexibility index (Phi) is 6.08. The summed E-state index contributed by atoms with van der Waals surface area (Å²) in [6, 6.07) is 15.8. The number of hydrogen-bond donors (Lipinski definition) is 0. The molecule has 1 saturated heterocycles. The Labute approximate surface area is 166 Å². The van der Waals surface area contributed by atoms with Crippen LogP contribution in [0.3, 0.4) is 0 Å². The van der Waals surface area contributed by atoms with Crippen LogP contribution in [0.15, 0.2) is 48.5 Å². The SMILES string of the molecule is COc1ccc(C(CC(=O)N2CCOCC2(C)C)c2ccccc2)cc1Cl. The highest BCUT2D eigenvalue weighted by Gasteiger charge is 2.35. The second kappa shape index (κ2) is 8.32. The number of carbonyl (C=O) groups is 1. The third-order valence-corrected chi connectivity index (χ3v) is 5.40. The fraction of sp³-hybridized carbons (Fsp3) is 0.409. The van der Waals surface area contributed by atoms with Gasteiger partial charge in [-0.25, -0.2) is 0 Å². The lowest BCUT2D eigenvalue weighted by Gasteiger charge is -2.42. The second-order valence-electron chi connectivity index (χ2n) is 7.47. The van der Waals surface area contributed by atoms with Crippen molar-refractivity contribution in [2.24, 2.45) is 0 Å². The highest BCUT2D eigenvalue weighted by molar-refractivity contribution is 6.32. The summed E-state index contributed by atoms with van der Waals surface area (Å²) in [6.07, 6.45) is 0.385. The normalized spacial score (nSPS) is 17.4. The predicted octanol–water partition coefficient (Wildman–Crippen LogP) is 4.51. The number of hydrogen-bond acceptors (Lipinski definition) is 3. The summed E-state index contributed by atoms with van der Waals surface area (Å²) in [4.78, 5) is 15.1. The first kappa shape index (κ1) is 19.7. The standard InChI is InChI=1S/C22H26ClNO3/c1-22(2)15-27-12-11-24(22)21(25)14-18(16-7-5-4-6-8-16)17-9-10-20(26-3)19(23)13-17/h4-10,13,18H,11-12,14-15H2,1-3H3. The minimum atomic E-state index is -0.297. The topological polar surface area (TPSA) is 38.8 Å². The van der Waals surface area contributed by atoms with E-state index in [1.165, 1.54) is 0 Å². The molecule has 2 aromatic rings. The molecule has 1 aliphatic heterocycles. The summed E-state index contributed by atoms with van der Waals surface area (Å²) < 4.78 is 10.8. The Hall–Kier alpha value is -2.04. The average molecular weight is 388 g/mol. The quantitative estimate of drug-likeness (QED) is 0.757. The zero-order valence-electron chi connectivity index (χ0n) is 16.1. The molecule has 0 aromatic heterocycles. The van der Waals surface area contributed by atoms with E-state index >= 15 is 0 Å². The van der Waals surface area contributed by atoms with E-state index in [0.29, 0.717) is 37.0 Å². The number of benzene rings is 2. The molecule has 144 valence electrons. The van der Waals surface area contributed by atoms with E-state index in [2.05, 4.69) is 12.1 Å². The van der Waals surface area contributed by atoms with Crippen LogP contribution in [0.25, 0.3) is 0 Å². The molecule has 27 heavy (non-hydrogen) atoms. The fourth-order valence-corrected chi connectivity index (χ4v) is 3.88. The lowest BCUT2D eigenvalue weighted by atomic mass is 9.87. The molecule has 2 aromatic carbocycles. The zero-order chi connectivity index (χ0) is 19.4. The molecule has 0 aliphatic carbocycles. The number of carbonyl (C=O) groups excluding carboxylic acids is 1. The van der Waals surface area contributed by atoms with Crippen LogP contribution in [0.1, 0.15) is 37.3 Å². The first-order valence-electron chi connectivity index (χ1n) is 9.19. The molecule has 1 heterocycles. The maximum absolute atomic E-state index is 13.2. The van der Waals surface area contributed by atoms with Crippen molar-refractivity contribution in [3.05, 3.63) is 64.7 Å². The van der Waals surface area contributed by atoms with Crippen LogP contribution in [-0.2, 0) is 9.53 Å². The van der Waals surface area contributed by atoms with Gasteiger partial charge in [0.1, 0.15) is 5.75 Å². The van der Waals surface area contributed by atoms with Crippen LogP contribution < -0.4 is 4.74 Å². The molecule has 0 N–H and O–H groups in total. The summed E-state index contributed by atoms with van der Waals surface area (Å²) in [5.41, 5.74) is 1.80. The molecule has 1 atom stereocenters. The van der Waals surface area contributed by atoms with Crippen molar-refractivity contribution in [2.45, 2.75) is 31.7 Å². The van der Waals surface area contributed by atoms with Crippen LogP contribution in [0.5, 0.6) is 5.75 Å². The molecule has 4 nitrogen and oxygen atoms in total. The Bertz CT molecular complexity index is 791. The van der Waals surface area contributed by atoms with Crippen molar-refractivity contribution in [3.8, 4) is 5.75 Å². The Morgan fingerprint density at radius 3 is 2.59 bits per heavy atom. The van der Waals surface area contributed by atoms with E-state index < -0.39 is 0 Å². The Morgan fingerprint density at radius 1 is 1.22 bits per heavy atom. The number of rotatable bonds is 5. The average Bonchev–Trinajstić information content (AvgIpc) is 2.66. The molecule has 5 heteroatoms. The molecule has 3 rings (SSSR count). The molecule has 0 radical (unpaired) electrons. The summed E-state index contributed by atoms with van der Waals surface area (Å²) in [6.45, 7) is 5.86. The van der Waals surface area contributed by atoms with E-state index in [1.54, 1.807) is 7.11 Å². The van der Waals surface area contributed by atoms with Crippen LogP contribution >= 0.6 is 11.6 Å². The first-order chi connectivity index (χ1) is 12.9. The van der Waals surface area contributed by atoms with Gasteiger partial charge in [0.15, 0.2) is 0 Å². The van der Waals surface area contributed by atoms with Crippen molar-refractivity contribution in [2.75, 3.05) is 26.9 Å². The van der Waals surface area contributed by atoms with Crippen molar-refractivity contribution in [3.63, 3.8) is 0 Å². The lowest BCUT2D eigenvalue weighted by molar-refractivity contribution is -0.146. The molecular weight excluding hydrogens is 362 g/mol. The third-order valence-electron chi connectivity index (χ3n) is 5.11. The van der Waals surface area contributed by atoms with Gasteiger partial charge in [0, 0.05) is 18.9 Å². The van der Waals surface area contributed by atoms with E-state index in [-0.39, 0.29) is 17.4 Å². The smallest absolute Gasteiger partial charge is 0.224 e. The minimum Gasteiger partial charge on any atom is -0.495 e. The van der Waals surface area contributed by atoms with Gasteiger partial charge in [0.05, 0.1) is 30.9 Å². The number of nitrogens with zero attached hydrogens (tertiary/aromatic N) is 1. The highest BCUT2D eigenvalue weighted by Crippen LogP contribution is 2.34. The molecule has 1 unspecified atom stereocenters. The molecule has 1 aliphatic rings. The Morgan fingerprint density at radius 2 is 1.96 bits per heavy atom. The number of morpholine rings is 1. The van der Waals surface area contributed by atoms with Gasteiger partial charge in [0.25, 0.3) is 0 Å². The van der Waals surface area contributed by atoms with Gasteiger partial charge in [-0.2, -0.15) is 0 Å². The first-order valence-corrected chi connectivity index (χ1v) is 9.57. The number of methoxy groups -OCH3 is 1. The predicted molar refractivity (Wildman–Crippen MR) is 108 cm³/mol. The van der Waals surface area contributed by atoms with Gasteiger partial charge in [-0.15, -0.1) is 0 Å². The van der Waals surface area contributed by atoms with E-state index in [4.69, 9.17) is 21.1 Å². The highest BCUT2D eigenvalue weighted by atomic mass is 35.5. The molecule has 1 amide bonds. The number of ether oxygens (including phenoxy) is 2. The molecule has 0 spiro atoms. The van der Waals surface area contributed by atoms with Crippen molar-refractivity contribution in [1.82, 2.24) is 4.90 Å². The van der Waals surface area contributed by atoms with Crippen LogP contribution in [0, 0.1) is 0 Å². The van der Waals surface area contributed by atoms with Gasteiger partial charge in [-0.1, -0.05) is 48.0 Å². The van der Waals surface area contributed by atoms with Gasteiger partial charge >= 0.3 is 0 Å². The van der Waals surface area contributed by atoms with Gasteiger partial charge < -0.3 is 14.4 Å². The van der Waals surface area contributed by atoms with Crippen LogP contribution in [-0.4, -0.2) is 43.2 Å². The molecule has 1 fully saturated rings. The largest absolute Gasteiger partial charge is 0.495 e. The van der Waals surface area contributed by atoms with Gasteiger partial charge in [-0.3, -0.25) is 4.79 Å². The number of halogens is 1. The molecule has 0 saturated carbocycles. The fourth-order valence-electron chi connectivity index (χ4n) is 3.62. The maximum Gasteiger partial charge on any atom is 0.224 e. The maximum atomic E-state index is 13.2. The van der Waals surface area contributed by atoms with Gasteiger partial charge in [-0.05, 0) is 37.1 Å². The van der Waals surface area contributed by atoms with E-state index in [0.717, 1.165) is 11.1 Å².